The molecule has 10 heteroatoms. The number of thiophene rings is 2. The average Bonchev–Trinajstić information content (AvgIpc) is 1.50. The normalized spacial score (nSPS) is 12.8. The van der Waals surface area contributed by atoms with Crippen LogP contribution in [0.15, 0.2) is 376 Å². The van der Waals surface area contributed by atoms with Gasteiger partial charge in [-0.15, -0.1) is 22.7 Å². The summed E-state index contributed by atoms with van der Waals surface area (Å²) in [5.74, 6) is 0. The molecule has 0 amide bonds. The van der Waals surface area contributed by atoms with Gasteiger partial charge >= 0.3 is 0 Å². The maximum absolute atomic E-state index is 2.67. The highest BCUT2D eigenvalue weighted by Gasteiger charge is 2.30. The average molecular weight is 1610 g/mol. The van der Waals surface area contributed by atoms with E-state index in [2.05, 4.69) is 412 Å². The predicted molar refractivity (Wildman–Crippen MR) is 528 cm³/mol. The molecule has 8 nitrogen and oxygen atoms in total. The Morgan fingerprint density at radius 1 is 0.129 bits per heavy atom. The molecule has 0 bridgehead atoms. The fourth-order valence-corrected chi connectivity index (χ4v) is 25.6. The van der Waals surface area contributed by atoms with Gasteiger partial charge in [-0.1, -0.05) is 194 Å². The van der Waals surface area contributed by atoms with Crippen molar-refractivity contribution in [3.63, 3.8) is 0 Å². The summed E-state index contributed by atoms with van der Waals surface area (Å²) in [7, 11) is 0. The Bertz CT molecular complexity index is 9180. The van der Waals surface area contributed by atoms with Gasteiger partial charge < -0.3 is 36.2 Å². The highest BCUT2D eigenvalue weighted by molar-refractivity contribution is 7.26. The molecule has 0 saturated heterocycles. The number of rotatable bonds is 6. The van der Waals surface area contributed by atoms with Crippen molar-refractivity contribution in [2.75, 3.05) is 0 Å². The first-order valence-corrected chi connectivity index (χ1v) is 44.3. The first-order valence-electron chi connectivity index (χ1n) is 42.7. The molecule has 0 N–H and O–H groups in total. The molecule has 0 aliphatic rings. The maximum atomic E-state index is 2.67. The first-order chi connectivity index (χ1) is 61.5. The highest BCUT2D eigenvalue weighted by Crippen LogP contribution is 2.54. The minimum absolute atomic E-state index is 1.11. The number of nitrogens with zero attached hydrogens (tertiary/aromatic N) is 8. The molecule has 31 rings (SSSR count). The number of hydrogen-bond donors (Lipinski definition) is 0. The second kappa shape index (κ2) is 23.1. The van der Waals surface area contributed by atoms with Crippen LogP contribution in [0.5, 0.6) is 0 Å². The second-order valence-corrected chi connectivity index (χ2v) is 36.3. The third-order valence-corrected chi connectivity index (χ3v) is 30.5. The van der Waals surface area contributed by atoms with Crippen molar-refractivity contribution in [1.29, 1.82) is 0 Å². The summed E-state index contributed by atoms with van der Waals surface area (Å²) in [5.41, 5.74) is 28.1. The maximum Gasteiger partial charge on any atom is 0.0627 e. The van der Waals surface area contributed by atoms with Crippen molar-refractivity contribution in [1.82, 2.24) is 36.2 Å². The molecule has 0 aliphatic carbocycles. The molecule has 12 heterocycles. The molecule has 12 aromatic heterocycles. The summed E-state index contributed by atoms with van der Waals surface area (Å²) in [6.07, 6.45) is 0. The molecule has 0 spiro atoms. The zero-order chi connectivity index (χ0) is 79.9. The topological polar surface area (TPSA) is 38.4 Å². The van der Waals surface area contributed by atoms with Gasteiger partial charge in [0.15, 0.2) is 0 Å². The Hall–Kier alpha value is -16.0. The van der Waals surface area contributed by atoms with Crippen LogP contribution in [0.4, 0.5) is 0 Å². The Labute approximate surface area is 711 Å². The SMILES string of the molecule is c1ccc2c(c1)sc1cc3c4cc5c(cc4n4c6cc(-n7c8ccc(-n9c%10ccccc%10c%10ccccc%109)cc8c8cc(-n9c%10ccccc%10c%10ccccc%109)ccc87)ccc6c(c12)c34)c1cc2sc3ccccc3c2c2c3ccc(-n4c6ccc(-n7c8ccccc8c8ccccc87)cc6c6cc(-n7c8ccccc8c8ccccc87)ccc64)cc3n5c12. The highest BCUT2D eigenvalue weighted by atomic mass is 32.1. The van der Waals surface area contributed by atoms with Gasteiger partial charge in [0.1, 0.15) is 0 Å². The molecule has 19 aromatic carbocycles. The fourth-order valence-electron chi connectivity index (χ4n) is 23.3. The van der Waals surface area contributed by atoms with Crippen LogP contribution in [-0.2, 0) is 0 Å². The lowest BCUT2D eigenvalue weighted by atomic mass is 10.0. The first kappa shape index (κ1) is 64.9. The van der Waals surface area contributed by atoms with Crippen LogP contribution in [-0.4, -0.2) is 36.2 Å². The molecule has 570 valence electrons. The second-order valence-electron chi connectivity index (χ2n) is 34.2. The summed E-state index contributed by atoms with van der Waals surface area (Å²) in [6.45, 7) is 0. The standard InChI is InChI=1S/C114H62N8S2/c1-11-31-89-69(21-1)70-22-2-12-32-90(70)115(89)63-43-49-97-81(53-63)82-54-64(116-91-33-13-3-23-71(91)72-24-4-14-34-92(72)116)44-50-98(82)119(97)67-41-47-77-101(57-67)121-103-59-86-88-62-108-110(80-30-10-20-40-106(80)124-108)112-78-48-42-68(58-102(78)122(114(88)112)104(86)60-85(103)87-61-107-109(111(77)113(87)121)79-29-9-19-39-105(79)123-107)120-99-51-45-65(117-93-35-15-5-25-73(93)74-26-6-16-36-94(74)117)55-83(99)84-56-66(46-52-100(84)120)118-95-37-17-7-27-75(95)76-28-8-18-38-96(76)118/h1-62H. The van der Waals surface area contributed by atoms with E-state index in [0.717, 1.165) is 56.2 Å². The van der Waals surface area contributed by atoms with E-state index in [4.69, 9.17) is 0 Å². The molecular weight excluding hydrogens is 1550 g/mol. The van der Waals surface area contributed by atoms with Gasteiger partial charge in [-0.25, -0.2) is 0 Å². The zero-order valence-electron chi connectivity index (χ0n) is 66.2. The number of fused-ring (bicyclic) bond motifs is 38. The van der Waals surface area contributed by atoms with Gasteiger partial charge in [0.05, 0.1) is 99.3 Å². The predicted octanol–water partition coefficient (Wildman–Crippen LogP) is 31.3. The molecule has 0 radical (unpaired) electrons. The third kappa shape index (κ3) is 8.10. The Kier molecular flexibility index (Phi) is 12.1. The van der Waals surface area contributed by atoms with Gasteiger partial charge in [0.2, 0.25) is 0 Å². The minimum Gasteiger partial charge on any atom is -0.309 e. The number of benzene rings is 19. The Balaban J connectivity index is 0.669. The van der Waals surface area contributed by atoms with Crippen molar-refractivity contribution >= 4 is 270 Å². The summed E-state index contributed by atoms with van der Waals surface area (Å²) in [6, 6.07) is 143. The van der Waals surface area contributed by atoms with Crippen molar-refractivity contribution in [3.05, 3.63) is 376 Å². The van der Waals surface area contributed by atoms with E-state index in [9.17, 15) is 0 Å². The largest absolute Gasteiger partial charge is 0.309 e. The van der Waals surface area contributed by atoms with Crippen LogP contribution >= 0.6 is 22.7 Å². The third-order valence-electron chi connectivity index (χ3n) is 28.2. The molecule has 31 aromatic rings. The lowest BCUT2D eigenvalue weighted by Crippen LogP contribution is -1.97. The molecule has 0 atom stereocenters. The van der Waals surface area contributed by atoms with Crippen LogP contribution in [0, 0.1) is 0 Å². The molecule has 0 aliphatic heterocycles. The monoisotopic (exact) mass is 1610 g/mol. The Morgan fingerprint density at radius 3 is 0.629 bits per heavy atom. The van der Waals surface area contributed by atoms with E-state index in [0.29, 0.717) is 0 Å². The minimum atomic E-state index is 1.11. The fraction of sp³-hybridized carbons (Fsp3) is 0. The van der Waals surface area contributed by atoms with Gasteiger partial charge in [0, 0.05) is 182 Å². The summed E-state index contributed by atoms with van der Waals surface area (Å²) in [4.78, 5) is 0. The zero-order valence-corrected chi connectivity index (χ0v) is 67.8. The lowest BCUT2D eigenvalue weighted by molar-refractivity contribution is 1.16. The van der Waals surface area contributed by atoms with E-state index < -0.39 is 0 Å². The van der Waals surface area contributed by atoms with Crippen molar-refractivity contribution in [2.24, 2.45) is 0 Å². The van der Waals surface area contributed by atoms with E-state index in [1.54, 1.807) is 0 Å². The summed E-state index contributed by atoms with van der Waals surface area (Å²) in [5, 5.41) is 30.1. The van der Waals surface area contributed by atoms with Crippen molar-refractivity contribution in [3.8, 4) is 34.1 Å². The number of para-hydroxylation sites is 8. The Morgan fingerprint density at radius 2 is 0.347 bits per heavy atom. The molecule has 0 unspecified atom stereocenters. The smallest absolute Gasteiger partial charge is 0.0627 e. The quantitative estimate of drug-likeness (QED) is 0.159. The van der Waals surface area contributed by atoms with Crippen LogP contribution in [0.3, 0.4) is 0 Å². The molecular formula is C114H62N8S2. The number of hydrogen-bond acceptors (Lipinski definition) is 2. The van der Waals surface area contributed by atoms with Crippen LogP contribution < -0.4 is 0 Å². The lowest BCUT2D eigenvalue weighted by Gasteiger charge is -2.11. The van der Waals surface area contributed by atoms with Gasteiger partial charge in [-0.3, -0.25) is 0 Å². The van der Waals surface area contributed by atoms with E-state index in [1.807, 2.05) is 22.7 Å². The molecule has 0 saturated carbocycles. The van der Waals surface area contributed by atoms with Gasteiger partial charge in [0.25, 0.3) is 0 Å². The van der Waals surface area contributed by atoms with E-state index >= 15 is 0 Å². The van der Waals surface area contributed by atoms with Gasteiger partial charge in [-0.05, 0) is 182 Å². The summed E-state index contributed by atoms with van der Waals surface area (Å²) < 4.78 is 25.5. The van der Waals surface area contributed by atoms with Crippen LogP contribution in [0.25, 0.3) is 281 Å². The van der Waals surface area contributed by atoms with Gasteiger partial charge in [-0.2, -0.15) is 0 Å². The van der Waals surface area contributed by atoms with Crippen LogP contribution in [0.1, 0.15) is 0 Å². The summed E-state index contributed by atoms with van der Waals surface area (Å²) >= 11 is 3.83. The molecule has 124 heavy (non-hydrogen) atoms. The number of aromatic nitrogens is 8. The van der Waals surface area contributed by atoms with Crippen LogP contribution in [0.2, 0.25) is 0 Å². The van der Waals surface area contributed by atoms with Crippen molar-refractivity contribution in [2.45, 2.75) is 0 Å². The van der Waals surface area contributed by atoms with Crippen molar-refractivity contribution < 1.29 is 0 Å². The van der Waals surface area contributed by atoms with E-state index in [-0.39, 0.29) is 0 Å². The van der Waals surface area contributed by atoms with E-state index in [1.165, 1.54) is 225 Å². The molecule has 0 fully saturated rings.